The maximum Gasteiger partial charge on any atom is 0.251 e. The molecule has 1 atom stereocenters. The number of carbonyl (C=O) groups is 1. The third-order valence-electron chi connectivity index (χ3n) is 5.78. The minimum Gasteiger partial charge on any atom is -0.401 e. The van der Waals surface area contributed by atoms with Crippen LogP contribution in [0.1, 0.15) is 61.9 Å². The molecule has 0 fully saturated rings. The fraction of sp³-hybridized carbons (Fsp3) is 0.357. The number of rotatable bonds is 13. The summed E-state index contributed by atoms with van der Waals surface area (Å²) in [5.74, 6) is 0.479. The predicted molar refractivity (Wildman–Crippen MR) is 138 cm³/mol. The van der Waals surface area contributed by atoms with E-state index in [1.807, 2.05) is 18.2 Å². The topological polar surface area (TPSA) is 93.2 Å². The monoisotopic (exact) mass is 460 g/mol. The van der Waals surface area contributed by atoms with E-state index < -0.39 is 0 Å². The van der Waals surface area contributed by atoms with E-state index in [-0.39, 0.29) is 12.5 Å². The molecule has 0 saturated heterocycles. The summed E-state index contributed by atoms with van der Waals surface area (Å²) >= 11 is 0. The van der Waals surface area contributed by atoms with E-state index in [0.717, 1.165) is 17.7 Å². The highest BCUT2D eigenvalue weighted by atomic mass is 16.5. The number of amides is 1. The van der Waals surface area contributed by atoms with Crippen molar-refractivity contribution in [3.05, 3.63) is 78.0 Å². The Hall–Kier alpha value is -3.38. The van der Waals surface area contributed by atoms with Crippen LogP contribution in [-0.4, -0.2) is 23.7 Å². The summed E-state index contributed by atoms with van der Waals surface area (Å²) in [4.78, 5) is 12.3. The van der Waals surface area contributed by atoms with E-state index in [4.69, 9.17) is 10.3 Å². The molecule has 1 aromatic heterocycles. The molecule has 3 rings (SSSR count). The Kier molecular flexibility index (Phi) is 9.47. The summed E-state index contributed by atoms with van der Waals surface area (Å²) in [7, 11) is 0. The molecule has 0 aliphatic rings. The second-order valence-electron chi connectivity index (χ2n) is 8.70. The van der Waals surface area contributed by atoms with Gasteiger partial charge in [0, 0.05) is 41.0 Å². The molecule has 0 aliphatic carbocycles. The van der Waals surface area contributed by atoms with Crippen LogP contribution in [0.15, 0.2) is 71.4 Å². The molecule has 0 bridgehead atoms. The van der Waals surface area contributed by atoms with Gasteiger partial charge in [-0.1, -0.05) is 81.2 Å². The Morgan fingerprint density at radius 3 is 2.56 bits per heavy atom. The van der Waals surface area contributed by atoms with Crippen molar-refractivity contribution < 1.29 is 9.32 Å². The molecule has 0 saturated carbocycles. The van der Waals surface area contributed by atoms with E-state index in [1.165, 1.54) is 37.7 Å². The Morgan fingerprint density at radius 2 is 1.85 bits per heavy atom. The first kappa shape index (κ1) is 25.2. The Bertz CT molecular complexity index is 1070. The number of nitrogens with two attached hydrogens (primary N) is 1. The molecule has 1 heterocycles. The normalized spacial score (nSPS) is 11.8. The van der Waals surface area contributed by atoms with Gasteiger partial charge in [0.2, 0.25) is 0 Å². The van der Waals surface area contributed by atoms with Crippen molar-refractivity contribution in [2.45, 2.75) is 58.5 Å². The number of benzene rings is 2. The van der Waals surface area contributed by atoms with Crippen LogP contribution in [0.2, 0.25) is 0 Å². The van der Waals surface area contributed by atoms with Crippen LogP contribution < -0.4 is 16.4 Å². The summed E-state index contributed by atoms with van der Waals surface area (Å²) in [6, 6.07) is 18.1. The number of hydrogen-bond donors (Lipinski definition) is 3. The molecule has 6 heteroatoms. The largest absolute Gasteiger partial charge is 0.401 e. The fourth-order valence-corrected chi connectivity index (χ4v) is 3.86. The van der Waals surface area contributed by atoms with Gasteiger partial charge in [0.1, 0.15) is 5.69 Å². The van der Waals surface area contributed by atoms with E-state index in [2.05, 4.69) is 60.5 Å². The lowest BCUT2D eigenvalue weighted by Crippen LogP contribution is -2.28. The molecule has 3 aromatic rings. The van der Waals surface area contributed by atoms with Gasteiger partial charge in [0.05, 0.1) is 6.54 Å². The maximum absolute atomic E-state index is 12.3. The summed E-state index contributed by atoms with van der Waals surface area (Å²) in [5.41, 5.74) is 10.2. The molecular formula is C28H36N4O2. The van der Waals surface area contributed by atoms with E-state index in [1.54, 1.807) is 12.1 Å². The molecule has 180 valence electrons. The zero-order valence-electron chi connectivity index (χ0n) is 20.3. The number of hydrogen-bond acceptors (Lipinski definition) is 5. The van der Waals surface area contributed by atoms with Crippen molar-refractivity contribution in [1.29, 1.82) is 0 Å². The standard InChI is InChI=1S/C28H36N4O2/c1-4-6-11-25(8-5-2)30-19-21-12-14-22(15-13-21)27-17-26(32-34-27)23-9-7-10-24(16-23)28(33)31-18-20(3)29/h7,9-10,12-17,25,30H,3-6,8,11,18-19,29H2,1-2H3,(H,31,33). The van der Waals surface area contributed by atoms with Gasteiger partial charge in [-0.3, -0.25) is 4.79 Å². The van der Waals surface area contributed by atoms with Gasteiger partial charge in [-0.25, -0.2) is 0 Å². The van der Waals surface area contributed by atoms with E-state index in [0.29, 0.717) is 28.8 Å². The van der Waals surface area contributed by atoms with Gasteiger partial charge >= 0.3 is 0 Å². The summed E-state index contributed by atoms with van der Waals surface area (Å²) < 4.78 is 5.60. The summed E-state index contributed by atoms with van der Waals surface area (Å²) in [5, 5.41) is 10.7. The first-order valence-electron chi connectivity index (χ1n) is 12.1. The molecule has 0 spiro atoms. The number of aromatic nitrogens is 1. The average Bonchev–Trinajstić information content (AvgIpc) is 3.35. The highest BCUT2D eigenvalue weighted by Gasteiger charge is 2.12. The van der Waals surface area contributed by atoms with Gasteiger partial charge in [-0.2, -0.15) is 0 Å². The molecular weight excluding hydrogens is 424 g/mol. The first-order chi connectivity index (χ1) is 16.5. The van der Waals surface area contributed by atoms with Crippen LogP contribution in [0.5, 0.6) is 0 Å². The highest BCUT2D eigenvalue weighted by Crippen LogP contribution is 2.27. The van der Waals surface area contributed by atoms with E-state index in [9.17, 15) is 4.79 Å². The SMILES string of the molecule is C=C(N)CNC(=O)c1cccc(-c2cc(-c3ccc(CNC(CCC)CCCC)cc3)on2)c1. The maximum atomic E-state index is 12.3. The molecule has 34 heavy (non-hydrogen) atoms. The van der Waals surface area contributed by atoms with Gasteiger partial charge in [0.15, 0.2) is 5.76 Å². The molecule has 6 nitrogen and oxygen atoms in total. The third kappa shape index (κ3) is 7.32. The molecule has 0 radical (unpaired) electrons. The minimum absolute atomic E-state index is 0.211. The number of nitrogens with one attached hydrogen (secondary N) is 2. The van der Waals surface area contributed by atoms with Crippen LogP contribution in [0, 0.1) is 0 Å². The van der Waals surface area contributed by atoms with Crippen LogP contribution in [0.4, 0.5) is 0 Å². The van der Waals surface area contributed by atoms with Crippen molar-refractivity contribution in [2.24, 2.45) is 5.73 Å². The number of unbranched alkanes of at least 4 members (excludes halogenated alkanes) is 1. The molecule has 4 N–H and O–H groups in total. The van der Waals surface area contributed by atoms with Gasteiger partial charge in [0.25, 0.3) is 5.91 Å². The lowest BCUT2D eigenvalue weighted by Gasteiger charge is -2.18. The predicted octanol–water partition coefficient (Wildman–Crippen LogP) is 5.66. The van der Waals surface area contributed by atoms with Crippen molar-refractivity contribution in [3.8, 4) is 22.6 Å². The zero-order valence-corrected chi connectivity index (χ0v) is 20.3. The highest BCUT2D eigenvalue weighted by molar-refractivity contribution is 5.95. The smallest absolute Gasteiger partial charge is 0.251 e. The first-order valence-corrected chi connectivity index (χ1v) is 12.1. The molecule has 0 aliphatic heterocycles. The van der Waals surface area contributed by atoms with Crippen LogP contribution >= 0.6 is 0 Å². The van der Waals surface area contributed by atoms with Crippen molar-refractivity contribution in [3.63, 3.8) is 0 Å². The summed E-state index contributed by atoms with van der Waals surface area (Å²) in [6.07, 6.45) is 6.14. The van der Waals surface area contributed by atoms with Crippen LogP contribution in [0.25, 0.3) is 22.6 Å². The Morgan fingerprint density at radius 1 is 1.06 bits per heavy atom. The quantitative estimate of drug-likeness (QED) is 0.306. The van der Waals surface area contributed by atoms with Crippen molar-refractivity contribution in [2.75, 3.05) is 6.54 Å². The number of carbonyl (C=O) groups excluding carboxylic acids is 1. The van der Waals surface area contributed by atoms with Crippen LogP contribution in [0.3, 0.4) is 0 Å². The zero-order chi connectivity index (χ0) is 24.3. The lowest BCUT2D eigenvalue weighted by atomic mass is 10.0. The lowest BCUT2D eigenvalue weighted by molar-refractivity contribution is 0.0957. The molecule has 1 unspecified atom stereocenters. The van der Waals surface area contributed by atoms with Gasteiger partial charge in [-0.05, 0) is 30.5 Å². The van der Waals surface area contributed by atoms with Gasteiger partial charge in [-0.15, -0.1) is 0 Å². The molecule has 1 amide bonds. The second-order valence-corrected chi connectivity index (χ2v) is 8.70. The third-order valence-corrected chi connectivity index (χ3v) is 5.78. The second kappa shape index (κ2) is 12.8. The fourth-order valence-electron chi connectivity index (χ4n) is 3.86. The van der Waals surface area contributed by atoms with Gasteiger partial charge < -0.3 is 20.9 Å². The Balaban J connectivity index is 1.64. The average molecular weight is 461 g/mol. The summed E-state index contributed by atoms with van der Waals surface area (Å²) in [6.45, 7) is 9.18. The van der Waals surface area contributed by atoms with Crippen LogP contribution in [-0.2, 0) is 6.54 Å². The Labute approximate surface area is 202 Å². The van der Waals surface area contributed by atoms with Crippen molar-refractivity contribution in [1.82, 2.24) is 15.8 Å². The minimum atomic E-state index is -0.211. The van der Waals surface area contributed by atoms with Crippen molar-refractivity contribution >= 4 is 5.91 Å². The molecule has 2 aromatic carbocycles. The van der Waals surface area contributed by atoms with E-state index >= 15 is 0 Å². The number of nitrogens with zero attached hydrogens (tertiary/aromatic N) is 1.